The number of carbonyl (C=O) groups excluding carboxylic acids is 1. The van der Waals surface area contributed by atoms with Crippen molar-refractivity contribution in [1.82, 2.24) is 4.31 Å². The number of nitrogens with zero attached hydrogens (tertiary/aromatic N) is 1. The van der Waals surface area contributed by atoms with Gasteiger partial charge in [-0.2, -0.15) is 4.31 Å². The Hall–Kier alpha value is -1.52. The average molecular weight is 476 g/mol. The quantitative estimate of drug-likeness (QED) is 0.670. The normalized spacial score (nSPS) is 11.8. The van der Waals surface area contributed by atoms with Crippen molar-refractivity contribution >= 4 is 44.2 Å². The van der Waals surface area contributed by atoms with Gasteiger partial charge in [0, 0.05) is 22.3 Å². The van der Waals surface area contributed by atoms with Crippen LogP contribution in [0.2, 0.25) is 0 Å². The van der Waals surface area contributed by atoms with Crippen molar-refractivity contribution in [1.29, 1.82) is 0 Å². The number of anilines is 1. The van der Waals surface area contributed by atoms with Crippen LogP contribution in [-0.2, 0) is 10.0 Å². The topological polar surface area (TPSA) is 66.5 Å². The van der Waals surface area contributed by atoms with Gasteiger partial charge in [-0.25, -0.2) is 12.8 Å². The van der Waals surface area contributed by atoms with Crippen LogP contribution in [0.15, 0.2) is 47.4 Å². The fourth-order valence-electron chi connectivity index (χ4n) is 2.03. The van der Waals surface area contributed by atoms with Crippen molar-refractivity contribution in [3.05, 3.63) is 57.4 Å². The maximum Gasteiger partial charge on any atom is 0.256 e. The number of benzene rings is 2. The van der Waals surface area contributed by atoms with Gasteiger partial charge in [0.25, 0.3) is 5.91 Å². The average Bonchev–Trinajstić information content (AvgIpc) is 2.54. The lowest BCUT2D eigenvalue weighted by molar-refractivity contribution is 0.102. The van der Waals surface area contributed by atoms with Crippen molar-refractivity contribution in [2.75, 3.05) is 12.4 Å². The van der Waals surface area contributed by atoms with Crippen molar-refractivity contribution in [3.8, 4) is 0 Å². The molecule has 0 atom stereocenters. The molecule has 0 aliphatic carbocycles. The lowest BCUT2D eigenvalue weighted by Crippen LogP contribution is -2.33. The molecule has 2 aromatic rings. The Morgan fingerprint density at radius 1 is 1.16 bits per heavy atom. The highest BCUT2D eigenvalue weighted by Gasteiger charge is 2.23. The number of nitrogens with one attached hydrogen (secondary N) is 1. The third kappa shape index (κ3) is 4.56. The SMILES string of the molecule is CC(C)N(C)S(=O)(=O)c1ccc(NC(=O)c2ccc(F)cc2I)cc1. The number of rotatable bonds is 5. The molecule has 0 aliphatic rings. The summed E-state index contributed by atoms with van der Waals surface area (Å²) in [5.41, 5.74) is 0.800. The summed E-state index contributed by atoms with van der Waals surface area (Å²) < 4.78 is 39.7. The first-order valence-corrected chi connectivity index (χ1v) is 9.99. The van der Waals surface area contributed by atoms with Crippen molar-refractivity contribution < 1.29 is 17.6 Å². The van der Waals surface area contributed by atoms with Gasteiger partial charge >= 0.3 is 0 Å². The van der Waals surface area contributed by atoms with Crippen LogP contribution in [0.5, 0.6) is 0 Å². The molecular formula is C17H18FIN2O3S. The lowest BCUT2D eigenvalue weighted by atomic mass is 10.2. The van der Waals surface area contributed by atoms with Crippen LogP contribution in [-0.4, -0.2) is 31.7 Å². The molecule has 1 amide bonds. The fourth-order valence-corrected chi connectivity index (χ4v) is 4.12. The summed E-state index contributed by atoms with van der Waals surface area (Å²) in [7, 11) is -2.05. The van der Waals surface area contributed by atoms with E-state index in [1.165, 1.54) is 53.8 Å². The van der Waals surface area contributed by atoms with E-state index < -0.39 is 15.8 Å². The molecule has 5 nitrogen and oxygen atoms in total. The number of hydrogen-bond donors (Lipinski definition) is 1. The summed E-state index contributed by atoms with van der Waals surface area (Å²) in [5, 5.41) is 2.67. The lowest BCUT2D eigenvalue weighted by Gasteiger charge is -2.21. The largest absolute Gasteiger partial charge is 0.322 e. The van der Waals surface area contributed by atoms with Gasteiger partial charge in [0.05, 0.1) is 10.5 Å². The number of carbonyl (C=O) groups is 1. The van der Waals surface area contributed by atoms with E-state index in [9.17, 15) is 17.6 Å². The number of sulfonamides is 1. The van der Waals surface area contributed by atoms with Gasteiger partial charge in [-0.05, 0) is 78.9 Å². The monoisotopic (exact) mass is 476 g/mol. The molecule has 0 unspecified atom stereocenters. The summed E-state index contributed by atoms with van der Waals surface area (Å²) in [6.07, 6.45) is 0. The first-order valence-electron chi connectivity index (χ1n) is 7.47. The smallest absolute Gasteiger partial charge is 0.256 e. The Balaban J connectivity index is 2.19. The van der Waals surface area contributed by atoms with Crippen LogP contribution in [0.25, 0.3) is 0 Å². The maximum atomic E-state index is 13.1. The predicted molar refractivity (Wildman–Crippen MR) is 104 cm³/mol. The molecule has 1 N–H and O–H groups in total. The summed E-state index contributed by atoms with van der Waals surface area (Å²) in [4.78, 5) is 12.4. The standard InChI is InChI=1S/C17H18FIN2O3S/c1-11(2)21(3)25(23,24)14-7-5-13(6-8-14)20-17(22)15-9-4-12(18)10-16(15)19/h4-11H,1-3H3,(H,20,22). The molecule has 0 bridgehead atoms. The molecule has 0 radical (unpaired) electrons. The molecule has 25 heavy (non-hydrogen) atoms. The van der Waals surface area contributed by atoms with E-state index in [0.29, 0.717) is 14.8 Å². The summed E-state index contributed by atoms with van der Waals surface area (Å²) >= 11 is 1.89. The van der Waals surface area contributed by atoms with Crippen molar-refractivity contribution in [3.63, 3.8) is 0 Å². The van der Waals surface area contributed by atoms with Gasteiger partial charge in [0.15, 0.2) is 0 Å². The predicted octanol–water partition coefficient (Wildman–Crippen LogP) is 3.71. The maximum absolute atomic E-state index is 13.1. The van der Waals surface area contributed by atoms with E-state index in [-0.39, 0.29) is 16.8 Å². The van der Waals surface area contributed by atoms with E-state index in [0.717, 1.165) is 0 Å². The highest BCUT2D eigenvalue weighted by atomic mass is 127. The van der Waals surface area contributed by atoms with Gasteiger partial charge < -0.3 is 5.32 Å². The first-order chi connectivity index (χ1) is 11.6. The summed E-state index contributed by atoms with van der Waals surface area (Å²) in [6, 6.07) is 9.67. The van der Waals surface area contributed by atoms with Crippen molar-refractivity contribution in [2.24, 2.45) is 0 Å². The number of hydrogen-bond acceptors (Lipinski definition) is 3. The van der Waals surface area contributed by atoms with E-state index in [2.05, 4.69) is 5.32 Å². The van der Waals surface area contributed by atoms with Gasteiger partial charge in [0.2, 0.25) is 10.0 Å². The molecule has 8 heteroatoms. The first kappa shape index (κ1) is 19.8. The van der Waals surface area contributed by atoms with Crippen LogP contribution >= 0.6 is 22.6 Å². The second kappa shape index (κ2) is 7.79. The highest BCUT2D eigenvalue weighted by molar-refractivity contribution is 14.1. The molecule has 0 saturated heterocycles. The minimum atomic E-state index is -3.57. The molecule has 2 aromatic carbocycles. The van der Waals surface area contributed by atoms with E-state index in [4.69, 9.17) is 0 Å². The second-order valence-electron chi connectivity index (χ2n) is 5.72. The van der Waals surface area contributed by atoms with Crippen LogP contribution in [0.1, 0.15) is 24.2 Å². The van der Waals surface area contributed by atoms with Gasteiger partial charge in [-0.3, -0.25) is 4.79 Å². The van der Waals surface area contributed by atoms with Gasteiger partial charge in [-0.15, -0.1) is 0 Å². The molecule has 0 saturated carbocycles. The Kier molecular flexibility index (Phi) is 6.17. The zero-order valence-corrected chi connectivity index (χ0v) is 16.9. The number of amides is 1. The second-order valence-corrected chi connectivity index (χ2v) is 8.88. The molecule has 2 rings (SSSR count). The van der Waals surface area contributed by atoms with Crippen LogP contribution in [0, 0.1) is 9.39 Å². The van der Waals surface area contributed by atoms with Gasteiger partial charge in [-0.1, -0.05) is 0 Å². The molecule has 0 spiro atoms. The minimum absolute atomic E-state index is 0.151. The van der Waals surface area contributed by atoms with Crippen LogP contribution in [0.3, 0.4) is 0 Å². The third-order valence-electron chi connectivity index (χ3n) is 3.69. The molecule has 0 aliphatic heterocycles. The third-order valence-corrected chi connectivity index (χ3v) is 6.63. The summed E-state index contributed by atoms with van der Waals surface area (Å²) in [6.45, 7) is 3.58. The Morgan fingerprint density at radius 2 is 1.76 bits per heavy atom. The van der Waals surface area contributed by atoms with Crippen LogP contribution in [0.4, 0.5) is 10.1 Å². The summed E-state index contributed by atoms with van der Waals surface area (Å²) in [5.74, 6) is -0.802. The zero-order chi connectivity index (χ0) is 18.8. The molecule has 134 valence electrons. The Labute approximate surface area is 160 Å². The minimum Gasteiger partial charge on any atom is -0.322 e. The van der Waals surface area contributed by atoms with E-state index in [1.807, 2.05) is 22.6 Å². The fraction of sp³-hybridized carbons (Fsp3) is 0.235. The molecule has 0 fully saturated rings. The van der Waals surface area contributed by atoms with E-state index >= 15 is 0 Å². The molecule has 0 heterocycles. The Bertz CT molecular complexity index is 883. The van der Waals surface area contributed by atoms with E-state index in [1.54, 1.807) is 13.8 Å². The Morgan fingerprint density at radius 3 is 2.28 bits per heavy atom. The van der Waals surface area contributed by atoms with Crippen molar-refractivity contribution in [2.45, 2.75) is 24.8 Å². The molecular weight excluding hydrogens is 458 g/mol. The number of halogens is 2. The zero-order valence-electron chi connectivity index (χ0n) is 14.0. The highest BCUT2D eigenvalue weighted by Crippen LogP contribution is 2.20. The van der Waals surface area contributed by atoms with Gasteiger partial charge in [0.1, 0.15) is 5.82 Å². The molecule has 0 aromatic heterocycles. The van der Waals surface area contributed by atoms with Crippen LogP contribution < -0.4 is 5.32 Å².